The van der Waals surface area contributed by atoms with Gasteiger partial charge in [0.1, 0.15) is 18.0 Å². The SMILES string of the molecule is COc1cc2ncnc(Nc3ccc(F)c(C)c3)c2cc1OCCCC(O)CC(=O)O. The van der Waals surface area contributed by atoms with Crippen molar-refractivity contribution in [1.82, 2.24) is 9.97 Å². The normalized spacial score (nSPS) is 11.9. The van der Waals surface area contributed by atoms with Gasteiger partial charge in [0.05, 0.1) is 31.8 Å². The number of hydrogen-bond donors (Lipinski definition) is 3. The van der Waals surface area contributed by atoms with Crippen LogP contribution in [0, 0.1) is 12.7 Å². The summed E-state index contributed by atoms with van der Waals surface area (Å²) in [7, 11) is 1.52. The molecule has 8 nitrogen and oxygen atoms in total. The molecule has 0 aliphatic carbocycles. The monoisotopic (exact) mass is 429 g/mol. The minimum Gasteiger partial charge on any atom is -0.493 e. The molecule has 1 atom stereocenters. The quantitative estimate of drug-likeness (QED) is 0.417. The number of nitrogens with one attached hydrogen (secondary N) is 1. The number of aliphatic hydroxyl groups excluding tert-OH is 1. The summed E-state index contributed by atoms with van der Waals surface area (Å²) in [6.07, 6.45) is 0.991. The molecule has 164 valence electrons. The summed E-state index contributed by atoms with van der Waals surface area (Å²) in [6.45, 7) is 1.95. The molecule has 0 amide bonds. The van der Waals surface area contributed by atoms with Gasteiger partial charge in [-0.25, -0.2) is 14.4 Å². The fourth-order valence-corrected chi connectivity index (χ4v) is 3.10. The molecule has 0 saturated carbocycles. The second-order valence-electron chi connectivity index (χ2n) is 7.07. The molecule has 1 unspecified atom stereocenters. The summed E-state index contributed by atoms with van der Waals surface area (Å²) in [5.41, 5.74) is 1.83. The second-order valence-corrected chi connectivity index (χ2v) is 7.07. The smallest absolute Gasteiger partial charge is 0.305 e. The third kappa shape index (κ3) is 5.79. The number of anilines is 2. The summed E-state index contributed by atoms with van der Waals surface area (Å²) in [6, 6.07) is 8.18. The predicted molar refractivity (Wildman–Crippen MR) is 113 cm³/mol. The van der Waals surface area contributed by atoms with Crippen molar-refractivity contribution in [3.05, 3.63) is 48.0 Å². The van der Waals surface area contributed by atoms with E-state index in [9.17, 15) is 14.3 Å². The van der Waals surface area contributed by atoms with Crippen LogP contribution in [0.2, 0.25) is 0 Å². The number of rotatable bonds is 10. The lowest BCUT2D eigenvalue weighted by Crippen LogP contribution is -2.14. The maximum absolute atomic E-state index is 13.6. The molecular weight excluding hydrogens is 405 g/mol. The molecule has 3 rings (SSSR count). The van der Waals surface area contributed by atoms with Crippen molar-refractivity contribution in [1.29, 1.82) is 0 Å². The van der Waals surface area contributed by atoms with Gasteiger partial charge in [-0.2, -0.15) is 0 Å². The van der Waals surface area contributed by atoms with E-state index in [1.165, 1.54) is 19.5 Å². The van der Waals surface area contributed by atoms with E-state index in [1.54, 1.807) is 31.2 Å². The molecule has 3 aromatic rings. The van der Waals surface area contributed by atoms with Gasteiger partial charge in [-0.3, -0.25) is 4.79 Å². The van der Waals surface area contributed by atoms with Crippen molar-refractivity contribution >= 4 is 28.4 Å². The Morgan fingerprint density at radius 2 is 2.03 bits per heavy atom. The standard InChI is InChI=1S/C22H24FN3O5/c1-13-8-14(5-6-17(13)23)26-22-16-10-20(19(30-2)11-18(16)24-12-25-22)31-7-3-4-15(27)9-21(28)29/h5-6,8,10-12,15,27H,3-4,7,9H2,1-2H3,(H,28,29)(H,24,25,26). The minimum atomic E-state index is -1.04. The number of carbonyl (C=O) groups is 1. The Morgan fingerprint density at radius 3 is 2.74 bits per heavy atom. The fraction of sp³-hybridized carbons (Fsp3) is 0.318. The third-order valence-corrected chi connectivity index (χ3v) is 4.69. The number of hydrogen-bond acceptors (Lipinski definition) is 7. The van der Waals surface area contributed by atoms with Gasteiger partial charge in [-0.05, 0) is 49.6 Å². The first-order valence-electron chi connectivity index (χ1n) is 9.76. The van der Waals surface area contributed by atoms with Gasteiger partial charge >= 0.3 is 5.97 Å². The van der Waals surface area contributed by atoms with Gasteiger partial charge in [0.2, 0.25) is 0 Å². The van der Waals surface area contributed by atoms with Crippen LogP contribution in [0.3, 0.4) is 0 Å². The number of methoxy groups -OCH3 is 1. The first-order valence-corrected chi connectivity index (χ1v) is 9.76. The Labute approximate surface area is 178 Å². The van der Waals surface area contributed by atoms with Gasteiger partial charge in [-0.1, -0.05) is 0 Å². The van der Waals surface area contributed by atoms with Crippen LogP contribution in [0.4, 0.5) is 15.9 Å². The maximum atomic E-state index is 13.6. The number of nitrogens with zero attached hydrogens (tertiary/aromatic N) is 2. The van der Waals surface area contributed by atoms with Gasteiger partial charge in [0.25, 0.3) is 0 Å². The highest BCUT2D eigenvalue weighted by Gasteiger charge is 2.13. The molecule has 1 aromatic heterocycles. The molecular formula is C22H24FN3O5. The summed E-state index contributed by atoms with van der Waals surface area (Å²) in [5, 5.41) is 22.2. The Kier molecular flexibility index (Phi) is 7.19. The van der Waals surface area contributed by atoms with Crippen LogP contribution >= 0.6 is 0 Å². The second kappa shape index (κ2) is 10.0. The highest BCUT2D eigenvalue weighted by atomic mass is 19.1. The minimum absolute atomic E-state index is 0.270. The molecule has 0 aliphatic rings. The number of aryl methyl sites for hydroxylation is 1. The van der Waals surface area contributed by atoms with Crippen LogP contribution in [0.15, 0.2) is 36.7 Å². The number of aliphatic carboxylic acids is 1. The van der Waals surface area contributed by atoms with E-state index in [4.69, 9.17) is 14.6 Å². The Bertz CT molecular complexity index is 1080. The topological polar surface area (TPSA) is 114 Å². The summed E-state index contributed by atoms with van der Waals surface area (Å²) >= 11 is 0. The van der Waals surface area contributed by atoms with E-state index in [-0.39, 0.29) is 18.8 Å². The van der Waals surface area contributed by atoms with E-state index in [0.29, 0.717) is 52.3 Å². The average molecular weight is 429 g/mol. The number of benzene rings is 2. The lowest BCUT2D eigenvalue weighted by Gasteiger charge is -2.14. The number of carboxylic acids is 1. The molecule has 0 saturated heterocycles. The van der Waals surface area contributed by atoms with Crippen molar-refractivity contribution in [2.45, 2.75) is 32.3 Å². The Balaban J connectivity index is 1.79. The van der Waals surface area contributed by atoms with Gasteiger partial charge in [0, 0.05) is 17.1 Å². The Hall–Kier alpha value is -3.46. The first kappa shape index (κ1) is 22.2. The summed E-state index contributed by atoms with van der Waals surface area (Å²) in [5.74, 6) is 0.157. The molecule has 0 spiro atoms. The molecule has 31 heavy (non-hydrogen) atoms. The van der Waals surface area contributed by atoms with Crippen molar-refractivity contribution in [3.63, 3.8) is 0 Å². The highest BCUT2D eigenvalue weighted by molar-refractivity contribution is 5.93. The molecule has 3 N–H and O–H groups in total. The van der Waals surface area contributed by atoms with Gasteiger partial charge in [0.15, 0.2) is 11.5 Å². The molecule has 1 heterocycles. The lowest BCUT2D eigenvalue weighted by atomic mass is 10.1. The van der Waals surface area contributed by atoms with Gasteiger partial charge in [-0.15, -0.1) is 0 Å². The molecule has 0 aliphatic heterocycles. The molecule has 9 heteroatoms. The third-order valence-electron chi connectivity index (χ3n) is 4.69. The zero-order valence-electron chi connectivity index (χ0n) is 17.3. The highest BCUT2D eigenvalue weighted by Crippen LogP contribution is 2.35. The van der Waals surface area contributed by atoms with E-state index < -0.39 is 12.1 Å². The Morgan fingerprint density at radius 1 is 1.23 bits per heavy atom. The van der Waals surface area contributed by atoms with Crippen LogP contribution in [-0.2, 0) is 4.79 Å². The maximum Gasteiger partial charge on any atom is 0.305 e. The predicted octanol–water partition coefficient (Wildman–Crippen LogP) is 3.82. The first-order chi connectivity index (χ1) is 14.9. The number of halogens is 1. The lowest BCUT2D eigenvalue weighted by molar-refractivity contribution is -0.139. The van der Waals surface area contributed by atoms with Crippen molar-refractivity contribution in [2.75, 3.05) is 19.0 Å². The molecule has 0 bridgehead atoms. The number of ether oxygens (including phenoxy) is 2. The van der Waals surface area contributed by atoms with Crippen molar-refractivity contribution < 1.29 is 28.9 Å². The number of fused-ring (bicyclic) bond motifs is 1. The average Bonchev–Trinajstić information content (AvgIpc) is 2.73. The molecule has 2 aromatic carbocycles. The molecule has 0 fully saturated rings. The van der Waals surface area contributed by atoms with Crippen LogP contribution in [0.25, 0.3) is 10.9 Å². The van der Waals surface area contributed by atoms with E-state index >= 15 is 0 Å². The largest absolute Gasteiger partial charge is 0.493 e. The van der Waals surface area contributed by atoms with Crippen LogP contribution in [0.1, 0.15) is 24.8 Å². The molecule has 0 radical (unpaired) electrons. The van der Waals surface area contributed by atoms with E-state index in [2.05, 4.69) is 15.3 Å². The summed E-state index contributed by atoms with van der Waals surface area (Å²) in [4.78, 5) is 19.2. The van der Waals surface area contributed by atoms with Crippen LogP contribution < -0.4 is 14.8 Å². The van der Waals surface area contributed by atoms with Crippen molar-refractivity contribution in [3.8, 4) is 11.5 Å². The van der Waals surface area contributed by atoms with Crippen LogP contribution in [0.5, 0.6) is 11.5 Å². The number of aliphatic hydroxyl groups is 1. The summed E-state index contributed by atoms with van der Waals surface area (Å²) < 4.78 is 24.8. The zero-order chi connectivity index (χ0) is 22.4. The van der Waals surface area contributed by atoms with E-state index in [0.717, 1.165) is 0 Å². The number of aromatic nitrogens is 2. The van der Waals surface area contributed by atoms with Crippen molar-refractivity contribution in [2.24, 2.45) is 0 Å². The zero-order valence-corrected chi connectivity index (χ0v) is 17.3. The van der Waals surface area contributed by atoms with Gasteiger partial charge < -0.3 is 25.0 Å². The number of carboxylic acid groups (broad SMARTS) is 1. The van der Waals surface area contributed by atoms with E-state index in [1.807, 2.05) is 0 Å². The fourth-order valence-electron chi connectivity index (χ4n) is 3.10. The van der Waals surface area contributed by atoms with Crippen LogP contribution in [-0.4, -0.2) is 46.0 Å².